The zero-order valence-corrected chi connectivity index (χ0v) is 11.6. The highest BCUT2D eigenvalue weighted by molar-refractivity contribution is 4.78. The number of nitrogens with one attached hydrogen (secondary N) is 1. The van der Waals surface area contributed by atoms with Crippen LogP contribution in [-0.4, -0.2) is 37.1 Å². The van der Waals surface area contributed by atoms with Gasteiger partial charge in [0.1, 0.15) is 0 Å². The van der Waals surface area contributed by atoms with Gasteiger partial charge in [-0.05, 0) is 64.2 Å². The minimum Gasteiger partial charge on any atom is -0.317 e. The van der Waals surface area contributed by atoms with E-state index in [1.54, 1.807) is 0 Å². The molecule has 1 rings (SSSR count). The molecule has 1 N–H and O–H groups in total. The van der Waals surface area contributed by atoms with E-state index in [1.807, 2.05) is 0 Å². The van der Waals surface area contributed by atoms with Crippen LogP contribution in [0.2, 0.25) is 0 Å². The lowest BCUT2D eigenvalue weighted by Gasteiger charge is -2.37. The molecule has 0 spiro atoms. The van der Waals surface area contributed by atoms with Crippen molar-refractivity contribution in [1.82, 2.24) is 10.2 Å². The topological polar surface area (TPSA) is 15.3 Å². The molecular weight excluding hydrogens is 196 g/mol. The number of piperidine rings is 1. The van der Waals surface area contributed by atoms with Crippen LogP contribution >= 0.6 is 0 Å². The molecule has 16 heavy (non-hydrogen) atoms. The molecule has 0 aliphatic carbocycles. The second-order valence-electron chi connectivity index (χ2n) is 5.61. The summed E-state index contributed by atoms with van der Waals surface area (Å²) in [6.45, 7) is 14.2. The maximum absolute atomic E-state index is 3.42. The fourth-order valence-corrected chi connectivity index (χ4v) is 2.70. The monoisotopic (exact) mass is 226 g/mol. The Balaban J connectivity index is 2.19. The quantitative estimate of drug-likeness (QED) is 0.701. The normalized spacial score (nSPS) is 21.6. The van der Waals surface area contributed by atoms with Crippen molar-refractivity contribution < 1.29 is 0 Å². The van der Waals surface area contributed by atoms with E-state index in [9.17, 15) is 0 Å². The van der Waals surface area contributed by atoms with Crippen molar-refractivity contribution in [2.45, 2.75) is 53.0 Å². The average Bonchev–Trinajstić information content (AvgIpc) is 2.29. The Morgan fingerprint density at radius 1 is 1.19 bits per heavy atom. The molecule has 0 bridgehead atoms. The Hall–Kier alpha value is -0.0800. The predicted octanol–water partition coefficient (Wildman–Crippen LogP) is 2.74. The van der Waals surface area contributed by atoms with Crippen LogP contribution in [0, 0.1) is 11.8 Å². The Labute approximate surface area is 102 Å². The summed E-state index contributed by atoms with van der Waals surface area (Å²) in [6, 6.07) is 0.757. The third kappa shape index (κ3) is 4.42. The molecule has 1 aliphatic rings. The summed E-state index contributed by atoms with van der Waals surface area (Å²) in [4.78, 5) is 2.68. The first kappa shape index (κ1) is 14.0. The SMILES string of the molecule is CCNCCC(C)N1CCC(C(C)C)CC1. The fourth-order valence-electron chi connectivity index (χ4n) is 2.70. The molecule has 0 amide bonds. The minimum atomic E-state index is 0.757. The number of likely N-dealkylation sites (tertiary alicyclic amines) is 1. The van der Waals surface area contributed by atoms with Crippen LogP contribution in [0.15, 0.2) is 0 Å². The highest BCUT2D eigenvalue weighted by Gasteiger charge is 2.23. The number of hydrogen-bond acceptors (Lipinski definition) is 2. The van der Waals surface area contributed by atoms with Gasteiger partial charge in [0.15, 0.2) is 0 Å². The molecule has 96 valence electrons. The van der Waals surface area contributed by atoms with E-state index in [1.165, 1.54) is 38.9 Å². The number of nitrogens with zero attached hydrogens (tertiary/aromatic N) is 1. The summed E-state index contributed by atoms with van der Waals surface area (Å²) >= 11 is 0. The Bertz CT molecular complexity index is 172. The second-order valence-corrected chi connectivity index (χ2v) is 5.61. The van der Waals surface area contributed by atoms with Gasteiger partial charge in [-0.15, -0.1) is 0 Å². The van der Waals surface area contributed by atoms with E-state index in [0.717, 1.165) is 24.4 Å². The van der Waals surface area contributed by atoms with Gasteiger partial charge < -0.3 is 10.2 Å². The molecule has 2 heteroatoms. The Morgan fingerprint density at radius 3 is 2.31 bits per heavy atom. The van der Waals surface area contributed by atoms with Gasteiger partial charge in [-0.2, -0.15) is 0 Å². The summed E-state index contributed by atoms with van der Waals surface area (Å²) in [5.41, 5.74) is 0. The van der Waals surface area contributed by atoms with Crippen LogP contribution < -0.4 is 5.32 Å². The van der Waals surface area contributed by atoms with E-state index in [0.29, 0.717) is 0 Å². The summed E-state index contributed by atoms with van der Waals surface area (Å²) in [5, 5.41) is 3.42. The zero-order valence-electron chi connectivity index (χ0n) is 11.6. The first-order chi connectivity index (χ1) is 7.65. The van der Waals surface area contributed by atoms with Gasteiger partial charge >= 0.3 is 0 Å². The maximum Gasteiger partial charge on any atom is 0.00790 e. The van der Waals surface area contributed by atoms with Gasteiger partial charge in [-0.3, -0.25) is 0 Å². The average molecular weight is 226 g/mol. The summed E-state index contributed by atoms with van der Waals surface area (Å²) in [7, 11) is 0. The largest absolute Gasteiger partial charge is 0.317 e. The van der Waals surface area contributed by atoms with Crippen LogP contribution in [0.3, 0.4) is 0 Å². The van der Waals surface area contributed by atoms with Gasteiger partial charge in [0.25, 0.3) is 0 Å². The molecular formula is C14H30N2. The second kappa shape index (κ2) is 7.29. The fraction of sp³-hybridized carbons (Fsp3) is 1.00. The minimum absolute atomic E-state index is 0.757. The maximum atomic E-state index is 3.42. The van der Waals surface area contributed by atoms with Crippen molar-refractivity contribution in [3.63, 3.8) is 0 Å². The van der Waals surface area contributed by atoms with E-state index in [-0.39, 0.29) is 0 Å². The van der Waals surface area contributed by atoms with Gasteiger partial charge in [-0.1, -0.05) is 20.8 Å². The summed E-state index contributed by atoms with van der Waals surface area (Å²) in [6.07, 6.45) is 4.10. The van der Waals surface area contributed by atoms with Crippen molar-refractivity contribution in [2.24, 2.45) is 11.8 Å². The number of hydrogen-bond donors (Lipinski definition) is 1. The molecule has 1 heterocycles. The van der Waals surface area contributed by atoms with Crippen LogP contribution in [0.25, 0.3) is 0 Å². The van der Waals surface area contributed by atoms with E-state index >= 15 is 0 Å². The summed E-state index contributed by atoms with van der Waals surface area (Å²) in [5.74, 6) is 1.84. The molecule has 0 aromatic carbocycles. The molecule has 0 aromatic rings. The van der Waals surface area contributed by atoms with Crippen molar-refractivity contribution in [3.05, 3.63) is 0 Å². The van der Waals surface area contributed by atoms with E-state index in [2.05, 4.69) is 37.9 Å². The Kier molecular flexibility index (Phi) is 6.37. The standard InChI is InChI=1S/C14H30N2/c1-5-15-9-6-13(4)16-10-7-14(8-11-16)12(2)3/h12-15H,5-11H2,1-4H3. The van der Waals surface area contributed by atoms with Crippen LogP contribution in [0.1, 0.15) is 47.0 Å². The first-order valence-electron chi connectivity index (χ1n) is 7.09. The highest BCUT2D eigenvalue weighted by Crippen LogP contribution is 2.25. The van der Waals surface area contributed by atoms with Crippen molar-refractivity contribution >= 4 is 0 Å². The van der Waals surface area contributed by atoms with Crippen LogP contribution in [-0.2, 0) is 0 Å². The van der Waals surface area contributed by atoms with E-state index in [4.69, 9.17) is 0 Å². The molecule has 1 fully saturated rings. The molecule has 1 unspecified atom stereocenters. The van der Waals surface area contributed by atoms with Crippen LogP contribution in [0.4, 0.5) is 0 Å². The highest BCUT2D eigenvalue weighted by atomic mass is 15.2. The predicted molar refractivity (Wildman–Crippen MR) is 71.8 cm³/mol. The third-order valence-electron chi connectivity index (χ3n) is 4.13. The third-order valence-corrected chi connectivity index (χ3v) is 4.13. The zero-order chi connectivity index (χ0) is 12.0. The van der Waals surface area contributed by atoms with Gasteiger partial charge in [0.05, 0.1) is 0 Å². The number of rotatable bonds is 6. The molecule has 0 saturated carbocycles. The van der Waals surface area contributed by atoms with Gasteiger partial charge in [-0.25, -0.2) is 0 Å². The lowest BCUT2D eigenvalue weighted by atomic mass is 9.86. The molecule has 1 aliphatic heterocycles. The first-order valence-corrected chi connectivity index (χ1v) is 7.09. The van der Waals surface area contributed by atoms with Crippen molar-refractivity contribution in [3.8, 4) is 0 Å². The smallest absolute Gasteiger partial charge is 0.00790 e. The van der Waals surface area contributed by atoms with Gasteiger partial charge in [0.2, 0.25) is 0 Å². The summed E-state index contributed by atoms with van der Waals surface area (Å²) < 4.78 is 0. The van der Waals surface area contributed by atoms with Crippen molar-refractivity contribution in [2.75, 3.05) is 26.2 Å². The molecule has 0 aromatic heterocycles. The van der Waals surface area contributed by atoms with E-state index < -0.39 is 0 Å². The lowest BCUT2D eigenvalue weighted by Crippen LogP contribution is -2.42. The van der Waals surface area contributed by atoms with Crippen molar-refractivity contribution in [1.29, 1.82) is 0 Å². The van der Waals surface area contributed by atoms with Gasteiger partial charge in [0, 0.05) is 6.04 Å². The molecule has 1 atom stereocenters. The molecule has 2 nitrogen and oxygen atoms in total. The molecule has 1 saturated heterocycles. The Morgan fingerprint density at radius 2 is 1.81 bits per heavy atom. The lowest BCUT2D eigenvalue weighted by molar-refractivity contribution is 0.117. The van der Waals surface area contributed by atoms with Crippen LogP contribution in [0.5, 0.6) is 0 Å². The molecule has 0 radical (unpaired) electrons.